The first kappa shape index (κ1) is 23.2. The molecule has 174 valence electrons. The molecule has 1 aliphatic rings. The van der Waals surface area contributed by atoms with E-state index in [0.29, 0.717) is 27.7 Å². The van der Waals surface area contributed by atoms with E-state index in [9.17, 15) is 9.59 Å². The largest absolute Gasteiger partial charge is 0.496 e. The van der Waals surface area contributed by atoms with Crippen molar-refractivity contribution in [3.05, 3.63) is 62.0 Å². The van der Waals surface area contributed by atoms with Gasteiger partial charge in [-0.05, 0) is 45.2 Å². The molecule has 1 saturated carbocycles. The standard InChI is InChI=1S/C25H30N4O3S/c1-15-16(2)28-29(4)24(31)20(15)23-27-17(3)21(33-23)22(30)26-14-25(12-8-9-13-25)18-10-6-7-11-19(18)32-5/h6-7,10-11H,8-9,12-14H2,1-5H3,(H,26,30). The van der Waals surface area contributed by atoms with Crippen LogP contribution in [0.5, 0.6) is 5.75 Å². The van der Waals surface area contributed by atoms with Crippen molar-refractivity contribution in [3.63, 3.8) is 0 Å². The lowest BCUT2D eigenvalue weighted by molar-refractivity contribution is 0.0946. The number of aryl methyl sites for hydroxylation is 3. The Balaban J connectivity index is 1.62. The minimum Gasteiger partial charge on any atom is -0.496 e. The van der Waals surface area contributed by atoms with Crippen molar-refractivity contribution in [2.75, 3.05) is 13.7 Å². The van der Waals surface area contributed by atoms with Crippen molar-refractivity contribution in [3.8, 4) is 16.3 Å². The van der Waals surface area contributed by atoms with Crippen LogP contribution >= 0.6 is 11.3 Å². The van der Waals surface area contributed by atoms with Gasteiger partial charge in [0.1, 0.15) is 15.6 Å². The van der Waals surface area contributed by atoms with Crippen LogP contribution in [-0.2, 0) is 12.5 Å². The van der Waals surface area contributed by atoms with Gasteiger partial charge in [0, 0.05) is 24.6 Å². The number of amides is 1. The van der Waals surface area contributed by atoms with Crippen molar-refractivity contribution in [1.29, 1.82) is 0 Å². The molecule has 0 bridgehead atoms. The number of carbonyl (C=O) groups excluding carboxylic acids is 1. The van der Waals surface area contributed by atoms with Gasteiger partial charge < -0.3 is 10.1 Å². The number of nitrogens with one attached hydrogen (secondary N) is 1. The first-order chi connectivity index (χ1) is 15.8. The fourth-order valence-corrected chi connectivity index (χ4v) is 5.90. The van der Waals surface area contributed by atoms with Crippen LogP contribution in [0.2, 0.25) is 0 Å². The first-order valence-electron chi connectivity index (χ1n) is 11.2. The predicted octanol–water partition coefficient (Wildman–Crippen LogP) is 4.08. The van der Waals surface area contributed by atoms with E-state index in [0.717, 1.165) is 48.3 Å². The molecular weight excluding hydrogens is 436 g/mol. The van der Waals surface area contributed by atoms with Crippen molar-refractivity contribution >= 4 is 17.2 Å². The lowest BCUT2D eigenvalue weighted by atomic mass is 9.78. The highest BCUT2D eigenvalue weighted by molar-refractivity contribution is 7.17. The second-order valence-corrected chi connectivity index (χ2v) is 9.82. The monoisotopic (exact) mass is 466 g/mol. The second-order valence-electron chi connectivity index (χ2n) is 8.82. The fraction of sp³-hybridized carbons (Fsp3) is 0.440. The Labute approximate surface area is 197 Å². The van der Waals surface area contributed by atoms with Gasteiger partial charge in [0.15, 0.2) is 0 Å². The number of hydrogen-bond acceptors (Lipinski definition) is 6. The molecule has 2 heterocycles. The van der Waals surface area contributed by atoms with Gasteiger partial charge in [-0.3, -0.25) is 9.59 Å². The molecule has 1 aliphatic carbocycles. The molecule has 1 N–H and O–H groups in total. The molecule has 8 heteroatoms. The van der Waals surface area contributed by atoms with Crippen LogP contribution in [0.3, 0.4) is 0 Å². The average Bonchev–Trinajstić information content (AvgIpc) is 3.44. The van der Waals surface area contributed by atoms with Gasteiger partial charge in [0.05, 0.1) is 24.1 Å². The number of para-hydroxylation sites is 1. The summed E-state index contributed by atoms with van der Waals surface area (Å²) in [4.78, 5) is 31.1. The third kappa shape index (κ3) is 4.19. The van der Waals surface area contributed by atoms with Crippen LogP contribution in [0.15, 0.2) is 29.1 Å². The maximum absolute atomic E-state index is 13.2. The van der Waals surface area contributed by atoms with Crippen LogP contribution in [0, 0.1) is 20.8 Å². The van der Waals surface area contributed by atoms with Crippen molar-refractivity contribution < 1.29 is 9.53 Å². The lowest BCUT2D eigenvalue weighted by Gasteiger charge is -2.31. The number of aromatic nitrogens is 3. The van der Waals surface area contributed by atoms with Crippen LogP contribution in [0.1, 0.15) is 57.9 Å². The van der Waals surface area contributed by atoms with E-state index in [1.165, 1.54) is 16.0 Å². The Bertz CT molecular complexity index is 1260. The van der Waals surface area contributed by atoms with E-state index in [4.69, 9.17) is 4.74 Å². The van der Waals surface area contributed by atoms with Gasteiger partial charge in [0.25, 0.3) is 11.5 Å². The molecule has 0 unspecified atom stereocenters. The molecule has 0 atom stereocenters. The summed E-state index contributed by atoms with van der Waals surface area (Å²) < 4.78 is 6.95. The van der Waals surface area contributed by atoms with E-state index >= 15 is 0 Å². The Morgan fingerprint density at radius 2 is 1.88 bits per heavy atom. The van der Waals surface area contributed by atoms with Crippen LogP contribution in [0.25, 0.3) is 10.6 Å². The summed E-state index contributed by atoms with van der Waals surface area (Å²) in [6.45, 7) is 6.08. The minimum atomic E-state index is -0.208. The molecule has 0 radical (unpaired) electrons. The maximum Gasteiger partial charge on any atom is 0.277 e. The van der Waals surface area contributed by atoms with E-state index in [1.54, 1.807) is 14.2 Å². The van der Waals surface area contributed by atoms with Gasteiger partial charge >= 0.3 is 0 Å². The number of methoxy groups -OCH3 is 1. The zero-order valence-corrected chi connectivity index (χ0v) is 20.6. The summed E-state index contributed by atoms with van der Waals surface area (Å²) in [5.41, 5.74) is 3.50. The Morgan fingerprint density at radius 3 is 2.58 bits per heavy atom. The summed E-state index contributed by atoms with van der Waals surface area (Å²) >= 11 is 1.26. The Hall–Kier alpha value is -3.00. The molecule has 0 saturated heterocycles. The number of ether oxygens (including phenoxy) is 1. The molecule has 3 aromatic rings. The van der Waals surface area contributed by atoms with Gasteiger partial charge in [-0.25, -0.2) is 9.67 Å². The molecule has 2 aromatic heterocycles. The summed E-state index contributed by atoms with van der Waals surface area (Å²) in [7, 11) is 3.32. The molecule has 33 heavy (non-hydrogen) atoms. The van der Waals surface area contributed by atoms with Crippen LogP contribution in [-0.4, -0.2) is 34.3 Å². The molecule has 0 spiro atoms. The molecule has 1 aromatic carbocycles. The second kappa shape index (κ2) is 9.09. The van der Waals surface area contributed by atoms with E-state index in [1.807, 2.05) is 39.0 Å². The van der Waals surface area contributed by atoms with E-state index in [2.05, 4.69) is 21.5 Å². The number of rotatable bonds is 6. The first-order valence-corrected chi connectivity index (χ1v) is 12.0. The van der Waals surface area contributed by atoms with Gasteiger partial charge in [-0.1, -0.05) is 31.0 Å². The number of nitrogens with zero attached hydrogens (tertiary/aromatic N) is 3. The Kier molecular flexibility index (Phi) is 6.38. The predicted molar refractivity (Wildman–Crippen MR) is 130 cm³/mol. The average molecular weight is 467 g/mol. The number of hydrogen-bond donors (Lipinski definition) is 1. The summed E-state index contributed by atoms with van der Waals surface area (Å²) in [6, 6.07) is 8.09. The minimum absolute atomic E-state index is 0.140. The molecule has 7 nitrogen and oxygen atoms in total. The zero-order valence-electron chi connectivity index (χ0n) is 19.8. The Morgan fingerprint density at radius 1 is 1.18 bits per heavy atom. The molecule has 1 amide bonds. The summed E-state index contributed by atoms with van der Waals surface area (Å²) in [5.74, 6) is 0.710. The topological polar surface area (TPSA) is 86.1 Å². The van der Waals surface area contributed by atoms with Gasteiger partial charge in [0.2, 0.25) is 0 Å². The van der Waals surface area contributed by atoms with Crippen molar-refractivity contribution in [2.45, 2.75) is 51.9 Å². The number of thiazole rings is 1. The van der Waals surface area contributed by atoms with Crippen molar-refractivity contribution in [2.24, 2.45) is 7.05 Å². The zero-order chi connectivity index (χ0) is 23.8. The SMILES string of the molecule is COc1ccccc1C1(CNC(=O)c2sc(-c3c(C)c(C)nn(C)c3=O)nc2C)CCCC1. The van der Waals surface area contributed by atoms with Crippen molar-refractivity contribution in [1.82, 2.24) is 20.1 Å². The van der Waals surface area contributed by atoms with E-state index in [-0.39, 0.29) is 16.9 Å². The van der Waals surface area contributed by atoms with E-state index < -0.39 is 0 Å². The molecule has 0 aliphatic heterocycles. The molecule has 1 fully saturated rings. The highest BCUT2D eigenvalue weighted by Crippen LogP contribution is 2.44. The summed E-state index contributed by atoms with van der Waals surface area (Å²) in [6.07, 6.45) is 4.27. The van der Waals surface area contributed by atoms with Crippen LogP contribution < -0.4 is 15.6 Å². The lowest BCUT2D eigenvalue weighted by Crippen LogP contribution is -2.39. The fourth-order valence-electron chi connectivity index (χ4n) is 4.82. The maximum atomic E-state index is 13.2. The highest BCUT2D eigenvalue weighted by atomic mass is 32.1. The van der Waals surface area contributed by atoms with Gasteiger partial charge in [-0.15, -0.1) is 11.3 Å². The third-order valence-corrected chi connectivity index (χ3v) is 7.94. The molecule has 4 rings (SSSR count). The third-order valence-electron chi connectivity index (χ3n) is 6.77. The number of benzene rings is 1. The summed E-state index contributed by atoms with van der Waals surface area (Å²) in [5, 5.41) is 7.97. The quantitative estimate of drug-likeness (QED) is 0.592. The number of carbonyl (C=O) groups is 1. The smallest absolute Gasteiger partial charge is 0.277 e. The van der Waals surface area contributed by atoms with Crippen LogP contribution in [0.4, 0.5) is 0 Å². The normalized spacial score (nSPS) is 14.9. The van der Waals surface area contributed by atoms with Gasteiger partial charge in [-0.2, -0.15) is 5.10 Å². The molecular formula is C25H30N4O3S. The highest BCUT2D eigenvalue weighted by Gasteiger charge is 2.38.